The predicted octanol–water partition coefficient (Wildman–Crippen LogP) is 1.75. The molecule has 0 aliphatic carbocycles. The minimum Gasteiger partial charge on any atom is -0.280 e. The summed E-state index contributed by atoms with van der Waals surface area (Å²) in [4.78, 5) is 12.4. The fraction of sp³-hybridized carbons (Fsp3) is 0.214. The first-order valence-electron chi connectivity index (χ1n) is 6.23. The fourth-order valence-electron chi connectivity index (χ4n) is 2.08. The van der Waals surface area contributed by atoms with Crippen LogP contribution >= 0.6 is 0 Å². The normalized spacial score (nSPS) is 11.1. The number of aryl methyl sites for hydroxylation is 2. The highest BCUT2D eigenvalue weighted by Gasteiger charge is 2.09. The molecule has 2 heterocycles. The first-order chi connectivity index (χ1) is 9.20. The van der Waals surface area contributed by atoms with E-state index < -0.39 is 0 Å². The molecule has 19 heavy (non-hydrogen) atoms. The zero-order chi connectivity index (χ0) is 13.4. The third-order valence-electron chi connectivity index (χ3n) is 3.17. The quantitative estimate of drug-likeness (QED) is 0.700. The molecule has 0 bridgehead atoms. The molecule has 5 heteroatoms. The number of benzene rings is 1. The predicted molar refractivity (Wildman–Crippen MR) is 72.7 cm³/mol. The van der Waals surface area contributed by atoms with Crippen LogP contribution in [-0.4, -0.2) is 19.2 Å². The van der Waals surface area contributed by atoms with E-state index >= 15 is 0 Å². The Morgan fingerprint density at radius 3 is 2.53 bits per heavy atom. The first kappa shape index (κ1) is 11.6. The van der Waals surface area contributed by atoms with Gasteiger partial charge in [0.2, 0.25) is 5.65 Å². The highest BCUT2D eigenvalue weighted by Crippen LogP contribution is 2.08. The molecule has 0 unspecified atom stereocenters. The van der Waals surface area contributed by atoms with Crippen LogP contribution in [0, 0.1) is 6.92 Å². The molecule has 5 nitrogen and oxygen atoms in total. The number of hydrogen-bond acceptors (Lipinski definition) is 3. The summed E-state index contributed by atoms with van der Waals surface area (Å²) in [5, 5.41) is 8.00. The largest absolute Gasteiger partial charge is 0.300 e. The van der Waals surface area contributed by atoms with E-state index in [1.165, 1.54) is 0 Å². The van der Waals surface area contributed by atoms with Crippen LogP contribution in [-0.2, 0) is 6.42 Å². The first-order valence-corrected chi connectivity index (χ1v) is 6.23. The zero-order valence-electron chi connectivity index (χ0n) is 10.9. The molecule has 0 spiro atoms. The average Bonchev–Trinajstić information content (AvgIpc) is 2.84. The van der Waals surface area contributed by atoms with Crippen LogP contribution in [0.25, 0.3) is 11.3 Å². The average molecular weight is 254 g/mol. The molecule has 0 fully saturated rings. The van der Waals surface area contributed by atoms with E-state index in [0.717, 1.165) is 23.5 Å². The lowest BCUT2D eigenvalue weighted by Crippen LogP contribution is -2.20. The molecule has 0 aliphatic heterocycles. The Labute approximate surface area is 110 Å². The van der Waals surface area contributed by atoms with Crippen molar-refractivity contribution in [3.05, 3.63) is 58.4 Å². The Balaban J connectivity index is 2.23. The van der Waals surface area contributed by atoms with Gasteiger partial charge in [-0.15, -0.1) is 10.2 Å². The molecule has 0 radical (unpaired) electrons. The fourth-order valence-corrected chi connectivity index (χ4v) is 2.08. The maximum Gasteiger partial charge on any atom is 0.300 e. The van der Waals surface area contributed by atoms with Gasteiger partial charge in [0, 0.05) is 24.5 Å². The van der Waals surface area contributed by atoms with Crippen molar-refractivity contribution in [2.75, 3.05) is 0 Å². The van der Waals surface area contributed by atoms with Gasteiger partial charge in [-0.2, -0.15) is 0 Å². The van der Waals surface area contributed by atoms with Gasteiger partial charge in [-0.3, -0.25) is 13.8 Å². The van der Waals surface area contributed by atoms with Gasteiger partial charge >= 0.3 is 5.56 Å². The lowest BCUT2D eigenvalue weighted by molar-refractivity contribution is 0.890. The van der Waals surface area contributed by atoms with Crippen LogP contribution in [0.15, 0.2) is 41.5 Å². The van der Waals surface area contributed by atoms with Crippen LogP contribution in [0.4, 0.5) is 0 Å². The number of hydrogen-bond donors (Lipinski definition) is 0. The Morgan fingerprint density at radius 1 is 1.11 bits per heavy atom. The standard InChI is InChI=1S/C14H14N4O/c1-3-12-15-16-13-14(19)17(8-9-18(12)13)11-6-4-10(2)5-7-11/h4-9H,3H2,1-2H3. The van der Waals surface area contributed by atoms with E-state index in [1.54, 1.807) is 15.2 Å². The summed E-state index contributed by atoms with van der Waals surface area (Å²) in [6, 6.07) is 7.80. The Bertz CT molecular complexity index is 783. The molecule has 0 aliphatic rings. The van der Waals surface area contributed by atoms with E-state index in [2.05, 4.69) is 10.2 Å². The minimum atomic E-state index is -0.154. The highest BCUT2D eigenvalue weighted by molar-refractivity contribution is 5.41. The number of rotatable bonds is 2. The maximum atomic E-state index is 12.4. The zero-order valence-corrected chi connectivity index (χ0v) is 10.9. The minimum absolute atomic E-state index is 0.154. The van der Waals surface area contributed by atoms with Crippen molar-refractivity contribution in [2.45, 2.75) is 20.3 Å². The molecule has 1 aromatic carbocycles. The second-order valence-electron chi connectivity index (χ2n) is 4.47. The second-order valence-corrected chi connectivity index (χ2v) is 4.47. The van der Waals surface area contributed by atoms with E-state index in [-0.39, 0.29) is 5.56 Å². The van der Waals surface area contributed by atoms with Gasteiger partial charge in [-0.25, -0.2) is 0 Å². The Morgan fingerprint density at radius 2 is 1.84 bits per heavy atom. The van der Waals surface area contributed by atoms with Gasteiger partial charge in [0.05, 0.1) is 0 Å². The lowest BCUT2D eigenvalue weighted by atomic mass is 10.2. The Hall–Kier alpha value is -2.43. The van der Waals surface area contributed by atoms with Gasteiger partial charge in [-0.05, 0) is 19.1 Å². The van der Waals surface area contributed by atoms with Gasteiger partial charge in [0.1, 0.15) is 5.82 Å². The van der Waals surface area contributed by atoms with Gasteiger partial charge < -0.3 is 0 Å². The molecule has 3 aromatic rings. The molecule has 0 saturated heterocycles. The van der Waals surface area contributed by atoms with E-state index in [1.807, 2.05) is 44.3 Å². The number of nitrogens with zero attached hydrogens (tertiary/aromatic N) is 4. The van der Waals surface area contributed by atoms with Crippen LogP contribution in [0.5, 0.6) is 0 Å². The highest BCUT2D eigenvalue weighted by atomic mass is 16.1. The van der Waals surface area contributed by atoms with Crippen molar-refractivity contribution in [3.63, 3.8) is 0 Å². The number of aromatic nitrogens is 4. The molecule has 0 saturated carbocycles. The van der Waals surface area contributed by atoms with E-state index in [4.69, 9.17) is 0 Å². The molecule has 96 valence electrons. The summed E-state index contributed by atoms with van der Waals surface area (Å²) in [5.74, 6) is 0.795. The summed E-state index contributed by atoms with van der Waals surface area (Å²) in [7, 11) is 0. The van der Waals surface area contributed by atoms with Crippen molar-refractivity contribution in [2.24, 2.45) is 0 Å². The lowest BCUT2D eigenvalue weighted by Gasteiger charge is -2.06. The topological polar surface area (TPSA) is 52.2 Å². The van der Waals surface area contributed by atoms with Gasteiger partial charge in [0.15, 0.2) is 0 Å². The van der Waals surface area contributed by atoms with Gasteiger partial charge in [0.25, 0.3) is 0 Å². The third kappa shape index (κ3) is 1.83. The Kier molecular flexibility index (Phi) is 2.67. The van der Waals surface area contributed by atoms with Gasteiger partial charge in [-0.1, -0.05) is 24.6 Å². The molecule has 0 N–H and O–H groups in total. The summed E-state index contributed by atoms with van der Waals surface area (Å²) in [5.41, 5.74) is 2.20. The second kappa shape index (κ2) is 4.35. The van der Waals surface area contributed by atoms with E-state index in [9.17, 15) is 4.79 Å². The van der Waals surface area contributed by atoms with Crippen LogP contribution in [0.1, 0.15) is 18.3 Å². The molecular weight excluding hydrogens is 240 g/mol. The summed E-state index contributed by atoms with van der Waals surface area (Å²) < 4.78 is 3.33. The molecule has 0 atom stereocenters. The summed E-state index contributed by atoms with van der Waals surface area (Å²) in [6.07, 6.45) is 4.33. The van der Waals surface area contributed by atoms with Crippen molar-refractivity contribution in [1.82, 2.24) is 19.2 Å². The third-order valence-corrected chi connectivity index (χ3v) is 3.17. The van der Waals surface area contributed by atoms with Crippen molar-refractivity contribution < 1.29 is 0 Å². The molecule has 2 aromatic heterocycles. The van der Waals surface area contributed by atoms with E-state index in [0.29, 0.717) is 5.65 Å². The van der Waals surface area contributed by atoms with Crippen LogP contribution < -0.4 is 5.56 Å². The van der Waals surface area contributed by atoms with Crippen LogP contribution in [0.3, 0.4) is 0 Å². The summed E-state index contributed by atoms with van der Waals surface area (Å²) >= 11 is 0. The van der Waals surface area contributed by atoms with Crippen LogP contribution in [0.2, 0.25) is 0 Å². The monoisotopic (exact) mass is 254 g/mol. The maximum absolute atomic E-state index is 12.4. The van der Waals surface area contributed by atoms with Crippen molar-refractivity contribution >= 4 is 5.65 Å². The smallest absolute Gasteiger partial charge is 0.280 e. The van der Waals surface area contributed by atoms with Crippen molar-refractivity contribution in [3.8, 4) is 5.69 Å². The SMILES string of the molecule is CCc1nnc2c(=O)n(-c3ccc(C)cc3)ccn12. The van der Waals surface area contributed by atoms with Crippen molar-refractivity contribution in [1.29, 1.82) is 0 Å². The molecule has 0 amide bonds. The molecular formula is C14H14N4O. The molecule has 3 rings (SSSR count). The summed E-state index contributed by atoms with van der Waals surface area (Å²) in [6.45, 7) is 4.00. The number of fused-ring (bicyclic) bond motifs is 1.